The van der Waals surface area contributed by atoms with Gasteiger partial charge in [0.15, 0.2) is 5.78 Å². The first-order valence-electron chi connectivity index (χ1n) is 7.85. The Kier molecular flexibility index (Phi) is 6.79. The molecule has 0 bridgehead atoms. The molecule has 0 aliphatic heterocycles. The van der Waals surface area contributed by atoms with Gasteiger partial charge >= 0.3 is 0 Å². The highest BCUT2D eigenvalue weighted by atomic mass is 35.5. The summed E-state index contributed by atoms with van der Waals surface area (Å²) in [7, 11) is 1.57. The van der Waals surface area contributed by atoms with E-state index >= 15 is 0 Å². The second kappa shape index (κ2) is 8.83. The van der Waals surface area contributed by atoms with Gasteiger partial charge in [-0.2, -0.15) is 0 Å². The van der Waals surface area contributed by atoms with E-state index in [2.05, 4.69) is 5.32 Å². The second-order valence-corrected chi connectivity index (χ2v) is 6.08. The summed E-state index contributed by atoms with van der Waals surface area (Å²) in [5, 5.41) is 14.1. The molecule has 0 aliphatic rings. The molecular formula is C19H22ClNO3. The Morgan fingerprint density at radius 1 is 1.25 bits per heavy atom. The van der Waals surface area contributed by atoms with E-state index in [0.29, 0.717) is 29.3 Å². The smallest absolute Gasteiger partial charge is 0.164 e. The number of aliphatic hydroxyl groups excluding tert-OH is 1. The van der Waals surface area contributed by atoms with Gasteiger partial charge in [-0.3, -0.25) is 4.79 Å². The van der Waals surface area contributed by atoms with Crippen LogP contribution in [0.25, 0.3) is 0 Å². The highest BCUT2D eigenvalue weighted by Crippen LogP contribution is 2.19. The van der Waals surface area contributed by atoms with Crippen LogP contribution in [0.2, 0.25) is 5.02 Å². The van der Waals surface area contributed by atoms with Crippen LogP contribution in [0, 0.1) is 0 Å². The molecule has 0 spiro atoms. The van der Waals surface area contributed by atoms with Crippen LogP contribution in [-0.4, -0.2) is 30.6 Å². The Morgan fingerprint density at radius 2 is 1.96 bits per heavy atom. The van der Waals surface area contributed by atoms with E-state index in [1.165, 1.54) is 0 Å². The lowest BCUT2D eigenvalue weighted by Crippen LogP contribution is -2.33. The molecule has 0 heterocycles. The third kappa shape index (κ3) is 5.06. The zero-order valence-corrected chi connectivity index (χ0v) is 14.6. The maximum Gasteiger partial charge on any atom is 0.164 e. The number of hydrogen-bond acceptors (Lipinski definition) is 4. The number of benzene rings is 2. The van der Waals surface area contributed by atoms with Crippen molar-refractivity contribution in [3.63, 3.8) is 0 Å². The largest absolute Gasteiger partial charge is 0.497 e. The van der Waals surface area contributed by atoms with Gasteiger partial charge in [0.25, 0.3) is 0 Å². The third-order valence-electron chi connectivity index (χ3n) is 3.90. The number of rotatable bonds is 8. The number of halogens is 1. The van der Waals surface area contributed by atoms with Crippen molar-refractivity contribution in [3.8, 4) is 5.75 Å². The van der Waals surface area contributed by atoms with Crippen LogP contribution < -0.4 is 10.1 Å². The second-order valence-electron chi connectivity index (χ2n) is 5.64. The molecule has 0 amide bonds. The number of ether oxygens (including phenoxy) is 1. The lowest BCUT2D eigenvalue weighted by atomic mass is 10.0. The molecule has 24 heavy (non-hydrogen) atoms. The molecule has 0 aliphatic carbocycles. The van der Waals surface area contributed by atoms with E-state index in [0.717, 1.165) is 5.56 Å². The molecule has 0 radical (unpaired) electrons. The van der Waals surface area contributed by atoms with Crippen molar-refractivity contribution >= 4 is 17.4 Å². The number of ketones is 1. The van der Waals surface area contributed by atoms with Crippen LogP contribution in [0.15, 0.2) is 48.5 Å². The molecule has 2 rings (SSSR count). The maximum atomic E-state index is 12.2. The molecule has 2 unspecified atom stereocenters. The quantitative estimate of drug-likeness (QED) is 0.716. The van der Waals surface area contributed by atoms with Crippen molar-refractivity contribution in [2.24, 2.45) is 0 Å². The fraction of sp³-hybridized carbons (Fsp3) is 0.316. The fourth-order valence-electron chi connectivity index (χ4n) is 2.41. The molecule has 128 valence electrons. The Bertz CT molecular complexity index is 673. The number of nitrogens with one attached hydrogen (secondary N) is 1. The molecule has 2 N–H and O–H groups in total. The standard InChI is InChI=1S/C19H22ClNO3/c1-13(19(23)14-6-8-16(20)9-7-14)21-11-10-18(22)15-4-3-5-17(12-15)24-2/h3-9,12-13,19,21,23H,10-11H2,1-2H3. The van der Waals surface area contributed by atoms with E-state index in [4.69, 9.17) is 16.3 Å². The number of hydrogen-bond donors (Lipinski definition) is 2. The predicted molar refractivity (Wildman–Crippen MR) is 95.8 cm³/mol. The molecule has 0 saturated heterocycles. The average Bonchev–Trinajstić information content (AvgIpc) is 2.61. The average molecular weight is 348 g/mol. The first-order valence-corrected chi connectivity index (χ1v) is 8.23. The van der Waals surface area contributed by atoms with Crippen LogP contribution in [0.5, 0.6) is 5.75 Å². The number of aliphatic hydroxyl groups is 1. The van der Waals surface area contributed by atoms with Crippen LogP contribution in [0.3, 0.4) is 0 Å². The van der Waals surface area contributed by atoms with Gasteiger partial charge in [0, 0.05) is 29.6 Å². The summed E-state index contributed by atoms with van der Waals surface area (Å²) in [4.78, 5) is 12.2. The fourth-order valence-corrected chi connectivity index (χ4v) is 2.54. The van der Waals surface area contributed by atoms with E-state index in [1.54, 1.807) is 55.6 Å². The van der Waals surface area contributed by atoms with E-state index in [1.807, 2.05) is 6.92 Å². The van der Waals surface area contributed by atoms with Crippen molar-refractivity contribution in [2.45, 2.75) is 25.5 Å². The summed E-state index contributed by atoms with van der Waals surface area (Å²) < 4.78 is 5.13. The van der Waals surface area contributed by atoms with Gasteiger partial charge < -0.3 is 15.2 Å². The van der Waals surface area contributed by atoms with Gasteiger partial charge in [0.1, 0.15) is 5.75 Å². The van der Waals surface area contributed by atoms with E-state index in [9.17, 15) is 9.90 Å². The summed E-state index contributed by atoms with van der Waals surface area (Å²) >= 11 is 5.85. The normalized spacial score (nSPS) is 13.3. The first kappa shape index (κ1) is 18.5. The predicted octanol–water partition coefficient (Wildman–Crippen LogP) is 3.63. The minimum Gasteiger partial charge on any atom is -0.497 e. The number of carbonyl (C=O) groups excluding carboxylic acids is 1. The van der Waals surface area contributed by atoms with Crippen molar-refractivity contribution in [1.29, 1.82) is 0 Å². The summed E-state index contributed by atoms with van der Waals surface area (Å²) in [6.45, 7) is 2.37. The van der Waals surface area contributed by atoms with Gasteiger partial charge in [-0.15, -0.1) is 0 Å². The summed E-state index contributed by atoms with van der Waals surface area (Å²) in [5.74, 6) is 0.704. The number of methoxy groups -OCH3 is 1. The van der Waals surface area contributed by atoms with E-state index in [-0.39, 0.29) is 11.8 Å². The molecule has 0 fully saturated rings. The SMILES string of the molecule is COc1cccc(C(=O)CCNC(C)C(O)c2ccc(Cl)cc2)c1. The van der Waals surface area contributed by atoms with Crippen LogP contribution >= 0.6 is 11.6 Å². The van der Waals surface area contributed by atoms with Gasteiger partial charge in [0.05, 0.1) is 13.2 Å². The zero-order chi connectivity index (χ0) is 17.5. The summed E-state index contributed by atoms with van der Waals surface area (Å²) in [6.07, 6.45) is -0.306. The Labute approximate surface area is 147 Å². The lowest BCUT2D eigenvalue weighted by molar-refractivity contribution is 0.0972. The Morgan fingerprint density at radius 3 is 2.62 bits per heavy atom. The summed E-state index contributed by atoms with van der Waals surface area (Å²) in [6, 6.07) is 14.0. The van der Waals surface area contributed by atoms with Gasteiger partial charge in [-0.05, 0) is 36.8 Å². The molecule has 4 nitrogen and oxygen atoms in total. The van der Waals surface area contributed by atoms with Crippen LogP contribution in [-0.2, 0) is 0 Å². The van der Waals surface area contributed by atoms with Crippen molar-refractivity contribution in [1.82, 2.24) is 5.32 Å². The minimum atomic E-state index is -0.658. The maximum absolute atomic E-state index is 12.2. The Balaban J connectivity index is 1.84. The molecule has 2 aromatic rings. The van der Waals surface area contributed by atoms with Crippen molar-refractivity contribution in [3.05, 3.63) is 64.7 Å². The highest BCUT2D eigenvalue weighted by molar-refractivity contribution is 6.30. The molecule has 0 aromatic heterocycles. The van der Waals surface area contributed by atoms with Crippen LogP contribution in [0.1, 0.15) is 35.4 Å². The Hall–Kier alpha value is -1.88. The molecule has 0 saturated carbocycles. The van der Waals surface area contributed by atoms with Crippen molar-refractivity contribution < 1.29 is 14.6 Å². The molecule has 2 atom stereocenters. The monoisotopic (exact) mass is 347 g/mol. The molecular weight excluding hydrogens is 326 g/mol. The highest BCUT2D eigenvalue weighted by Gasteiger charge is 2.16. The zero-order valence-electron chi connectivity index (χ0n) is 13.8. The van der Waals surface area contributed by atoms with Gasteiger partial charge in [-0.25, -0.2) is 0 Å². The van der Waals surface area contributed by atoms with Crippen molar-refractivity contribution in [2.75, 3.05) is 13.7 Å². The van der Waals surface area contributed by atoms with Gasteiger partial charge in [-0.1, -0.05) is 35.9 Å². The lowest BCUT2D eigenvalue weighted by Gasteiger charge is -2.20. The minimum absolute atomic E-state index is 0.0367. The molecule has 2 aromatic carbocycles. The van der Waals surface area contributed by atoms with Gasteiger partial charge in [0.2, 0.25) is 0 Å². The first-order chi connectivity index (χ1) is 11.5. The summed E-state index contributed by atoms with van der Waals surface area (Å²) in [5.41, 5.74) is 1.42. The van der Waals surface area contributed by atoms with E-state index < -0.39 is 6.10 Å². The molecule has 5 heteroatoms. The topological polar surface area (TPSA) is 58.6 Å². The number of Topliss-reactive ketones (excluding diaryl/α,β-unsaturated/α-hetero) is 1. The third-order valence-corrected chi connectivity index (χ3v) is 4.15. The van der Waals surface area contributed by atoms with Crippen LogP contribution in [0.4, 0.5) is 0 Å². The number of carbonyl (C=O) groups is 1.